The third-order valence-electron chi connectivity index (χ3n) is 4.69. The lowest BCUT2D eigenvalue weighted by atomic mass is 10.3. The van der Waals surface area contributed by atoms with Gasteiger partial charge in [-0.25, -0.2) is 9.97 Å². The van der Waals surface area contributed by atoms with Gasteiger partial charge in [0.1, 0.15) is 5.82 Å². The normalized spacial score (nSPS) is 16.8. The number of halogens is 2. The minimum atomic E-state index is 0. The second-order valence-corrected chi connectivity index (χ2v) is 8.29. The molecule has 0 radical (unpaired) electrons. The molecule has 2 aromatic rings. The number of rotatable bonds is 6. The number of hydrogen-bond acceptors (Lipinski definition) is 5. The van der Waals surface area contributed by atoms with E-state index in [1.165, 1.54) is 15.6 Å². The van der Waals surface area contributed by atoms with Crippen LogP contribution in [0.1, 0.15) is 28.9 Å². The molecule has 28 heavy (non-hydrogen) atoms. The van der Waals surface area contributed by atoms with Crippen LogP contribution in [-0.2, 0) is 12.8 Å². The highest BCUT2D eigenvalue weighted by molar-refractivity contribution is 14.0. The van der Waals surface area contributed by atoms with Crippen LogP contribution < -0.4 is 15.5 Å². The van der Waals surface area contributed by atoms with Gasteiger partial charge in [-0.2, -0.15) is 0 Å². The standard InChI is InChI=1S/C19H27ClN6S.HI/c1-4-16-13(2)27-17(25-16)7-10-23-19(21-3)24-14-8-11-26(12-14)18-15(20)6-5-9-22-18;/h5-6,9,14H,4,7-8,10-12H2,1-3H3,(H2,21,23,24);1H. The molecule has 0 spiro atoms. The lowest BCUT2D eigenvalue weighted by Gasteiger charge is -2.20. The molecular weight excluding hydrogens is 507 g/mol. The molecule has 0 amide bonds. The first-order valence-corrected chi connectivity index (χ1v) is 10.6. The summed E-state index contributed by atoms with van der Waals surface area (Å²) in [6.45, 7) is 6.91. The molecule has 1 saturated heterocycles. The molecular formula is C19H28ClIN6S. The molecule has 2 N–H and O–H groups in total. The maximum atomic E-state index is 6.27. The van der Waals surface area contributed by atoms with Crippen LogP contribution in [0.25, 0.3) is 0 Å². The summed E-state index contributed by atoms with van der Waals surface area (Å²) in [5, 5.41) is 8.80. The Bertz CT molecular complexity index is 796. The molecule has 0 aliphatic carbocycles. The maximum Gasteiger partial charge on any atom is 0.191 e. The summed E-state index contributed by atoms with van der Waals surface area (Å²) in [6.07, 6.45) is 4.72. The summed E-state index contributed by atoms with van der Waals surface area (Å²) in [6, 6.07) is 4.06. The van der Waals surface area contributed by atoms with E-state index in [0.29, 0.717) is 11.1 Å². The molecule has 1 aliphatic heterocycles. The van der Waals surface area contributed by atoms with E-state index in [4.69, 9.17) is 16.6 Å². The smallest absolute Gasteiger partial charge is 0.191 e. The first-order valence-electron chi connectivity index (χ1n) is 9.38. The predicted octanol–water partition coefficient (Wildman–Crippen LogP) is 3.67. The summed E-state index contributed by atoms with van der Waals surface area (Å²) >= 11 is 8.06. The van der Waals surface area contributed by atoms with E-state index in [1.807, 2.05) is 12.1 Å². The lowest BCUT2D eigenvalue weighted by Crippen LogP contribution is -2.45. The van der Waals surface area contributed by atoms with E-state index >= 15 is 0 Å². The number of nitrogens with one attached hydrogen (secondary N) is 2. The van der Waals surface area contributed by atoms with Crippen LogP contribution in [0.15, 0.2) is 23.3 Å². The second-order valence-electron chi connectivity index (χ2n) is 6.60. The Labute approximate surface area is 193 Å². The second kappa shape index (κ2) is 11.2. The highest BCUT2D eigenvalue weighted by Crippen LogP contribution is 2.25. The molecule has 9 heteroatoms. The molecule has 1 aliphatic rings. The molecule has 3 heterocycles. The Balaban J connectivity index is 0.00000280. The number of aliphatic imine (C=N–C) groups is 1. The Kier molecular flexibility index (Phi) is 9.23. The Morgan fingerprint density at radius 2 is 2.29 bits per heavy atom. The molecule has 3 rings (SSSR count). The van der Waals surface area contributed by atoms with Crippen LogP contribution in [0.4, 0.5) is 5.82 Å². The molecule has 1 atom stereocenters. The van der Waals surface area contributed by atoms with Gasteiger partial charge in [-0.3, -0.25) is 4.99 Å². The van der Waals surface area contributed by atoms with Crippen LogP contribution in [0.3, 0.4) is 0 Å². The first-order chi connectivity index (χ1) is 13.1. The van der Waals surface area contributed by atoms with Crippen LogP contribution in [0, 0.1) is 6.92 Å². The van der Waals surface area contributed by atoms with Crippen molar-refractivity contribution in [2.24, 2.45) is 4.99 Å². The number of nitrogens with zero attached hydrogens (tertiary/aromatic N) is 4. The highest BCUT2D eigenvalue weighted by atomic mass is 127. The van der Waals surface area contributed by atoms with Crippen molar-refractivity contribution in [1.29, 1.82) is 0 Å². The van der Waals surface area contributed by atoms with Gasteiger partial charge in [0.15, 0.2) is 5.96 Å². The summed E-state index contributed by atoms with van der Waals surface area (Å²) in [5.41, 5.74) is 1.22. The van der Waals surface area contributed by atoms with Gasteiger partial charge in [0.05, 0.1) is 15.7 Å². The van der Waals surface area contributed by atoms with Gasteiger partial charge >= 0.3 is 0 Å². The van der Waals surface area contributed by atoms with Gasteiger partial charge in [-0.15, -0.1) is 35.3 Å². The number of anilines is 1. The average molecular weight is 535 g/mol. The average Bonchev–Trinajstić information content (AvgIpc) is 3.27. The van der Waals surface area contributed by atoms with Gasteiger partial charge in [0.2, 0.25) is 0 Å². The highest BCUT2D eigenvalue weighted by Gasteiger charge is 2.25. The summed E-state index contributed by atoms with van der Waals surface area (Å²) in [4.78, 5) is 17.0. The quantitative estimate of drug-likeness (QED) is 0.336. The molecule has 154 valence electrons. The molecule has 2 aromatic heterocycles. The topological polar surface area (TPSA) is 65.4 Å². The van der Waals surface area contributed by atoms with E-state index in [2.05, 4.69) is 39.4 Å². The number of aromatic nitrogens is 2. The van der Waals surface area contributed by atoms with Crippen LogP contribution in [-0.4, -0.2) is 48.7 Å². The van der Waals surface area contributed by atoms with Gasteiger partial charge in [-0.1, -0.05) is 18.5 Å². The summed E-state index contributed by atoms with van der Waals surface area (Å²) < 4.78 is 0. The van der Waals surface area contributed by atoms with Gasteiger partial charge in [0.25, 0.3) is 0 Å². The lowest BCUT2D eigenvalue weighted by molar-refractivity contribution is 0.647. The van der Waals surface area contributed by atoms with E-state index in [0.717, 1.165) is 50.7 Å². The maximum absolute atomic E-state index is 6.27. The van der Waals surface area contributed by atoms with Crippen molar-refractivity contribution in [3.05, 3.63) is 38.9 Å². The number of thiazole rings is 1. The van der Waals surface area contributed by atoms with Crippen molar-refractivity contribution in [3.8, 4) is 0 Å². The van der Waals surface area contributed by atoms with Crippen molar-refractivity contribution in [2.45, 2.75) is 39.2 Å². The zero-order valence-corrected chi connectivity index (χ0v) is 20.4. The van der Waals surface area contributed by atoms with Crippen molar-refractivity contribution >= 4 is 58.7 Å². The Morgan fingerprint density at radius 1 is 1.46 bits per heavy atom. The van der Waals surface area contributed by atoms with Gasteiger partial charge in [-0.05, 0) is 31.9 Å². The monoisotopic (exact) mass is 534 g/mol. The fourth-order valence-electron chi connectivity index (χ4n) is 3.28. The Morgan fingerprint density at radius 3 is 2.96 bits per heavy atom. The van der Waals surface area contributed by atoms with Crippen molar-refractivity contribution in [2.75, 3.05) is 31.6 Å². The zero-order valence-electron chi connectivity index (χ0n) is 16.5. The van der Waals surface area contributed by atoms with E-state index in [1.54, 1.807) is 24.6 Å². The number of hydrogen-bond donors (Lipinski definition) is 2. The fraction of sp³-hybridized carbons (Fsp3) is 0.526. The van der Waals surface area contributed by atoms with E-state index in [9.17, 15) is 0 Å². The molecule has 0 saturated carbocycles. The number of pyridine rings is 1. The van der Waals surface area contributed by atoms with Crippen molar-refractivity contribution in [3.63, 3.8) is 0 Å². The number of aryl methyl sites for hydroxylation is 2. The fourth-order valence-corrected chi connectivity index (χ4v) is 4.54. The molecule has 0 aromatic carbocycles. The van der Waals surface area contributed by atoms with Crippen LogP contribution in [0.5, 0.6) is 0 Å². The van der Waals surface area contributed by atoms with Crippen molar-refractivity contribution in [1.82, 2.24) is 20.6 Å². The third-order valence-corrected chi connectivity index (χ3v) is 6.06. The summed E-state index contributed by atoms with van der Waals surface area (Å²) in [7, 11) is 1.81. The molecule has 6 nitrogen and oxygen atoms in total. The van der Waals surface area contributed by atoms with Crippen molar-refractivity contribution < 1.29 is 0 Å². The van der Waals surface area contributed by atoms with Crippen LogP contribution >= 0.6 is 46.9 Å². The Hall–Kier alpha value is -1.13. The largest absolute Gasteiger partial charge is 0.356 e. The molecule has 1 fully saturated rings. The molecule has 1 unspecified atom stereocenters. The number of guanidine groups is 1. The third kappa shape index (κ3) is 5.93. The zero-order chi connectivity index (χ0) is 19.2. The van der Waals surface area contributed by atoms with Crippen LogP contribution in [0.2, 0.25) is 5.02 Å². The van der Waals surface area contributed by atoms with Gasteiger partial charge < -0.3 is 15.5 Å². The minimum Gasteiger partial charge on any atom is -0.356 e. The van der Waals surface area contributed by atoms with E-state index < -0.39 is 0 Å². The van der Waals surface area contributed by atoms with E-state index in [-0.39, 0.29) is 24.0 Å². The SMILES string of the molecule is CCc1nc(CCNC(=NC)NC2CCN(c3ncccc3Cl)C2)sc1C.I. The minimum absolute atomic E-state index is 0. The summed E-state index contributed by atoms with van der Waals surface area (Å²) in [5.74, 6) is 1.69. The molecule has 0 bridgehead atoms. The predicted molar refractivity (Wildman–Crippen MR) is 130 cm³/mol. The first kappa shape index (κ1) is 23.2. The van der Waals surface area contributed by atoms with Gasteiger partial charge in [0, 0.05) is 50.2 Å².